The Morgan fingerprint density at radius 3 is 1.44 bits per heavy atom. The molecular formula is C63H104N2O10S2. The normalized spacial score (nSPS) is 51.6. The van der Waals surface area contributed by atoms with E-state index in [1.807, 2.05) is 0 Å². The molecule has 0 aromatic carbocycles. The molecule has 11 aliphatic rings. The van der Waals surface area contributed by atoms with Gasteiger partial charge in [-0.15, -0.1) is 0 Å². The van der Waals surface area contributed by atoms with Crippen LogP contribution in [0.2, 0.25) is 0 Å². The maximum Gasteiger partial charge on any atom is 0.336 e. The van der Waals surface area contributed by atoms with Gasteiger partial charge in [0.2, 0.25) is 0 Å². The molecule has 0 unspecified atom stereocenters. The van der Waals surface area contributed by atoms with Gasteiger partial charge in [-0.25, -0.2) is 5.14 Å². The van der Waals surface area contributed by atoms with E-state index < -0.39 is 20.6 Å². The van der Waals surface area contributed by atoms with E-state index in [1.165, 1.54) is 17.6 Å². The number of hydrogen-bond donors (Lipinski definition) is 2. The Morgan fingerprint density at radius 1 is 0.558 bits per heavy atom. The highest BCUT2D eigenvalue weighted by atomic mass is 32.2. The molecule has 11 rings (SSSR count). The molecule has 1 saturated heterocycles. The van der Waals surface area contributed by atoms with Crippen LogP contribution in [0.1, 0.15) is 212 Å². The minimum atomic E-state index is -3.99. The van der Waals surface area contributed by atoms with E-state index in [-0.39, 0.29) is 85.7 Å². The Morgan fingerprint density at radius 2 is 1.00 bits per heavy atom. The highest BCUT2D eigenvalue weighted by Gasteiger charge is 2.75. The number of nitrogens with two attached hydrogens (primary N) is 1. The second-order valence-corrected chi connectivity index (χ2v) is 33.1. The van der Waals surface area contributed by atoms with E-state index in [4.69, 9.17) is 23.0 Å². The maximum atomic E-state index is 13.4. The van der Waals surface area contributed by atoms with Gasteiger partial charge in [0.15, 0.2) is 0 Å². The number of carbonyl (C=O) groups is 2. The first-order chi connectivity index (χ1) is 35.2. The van der Waals surface area contributed by atoms with Gasteiger partial charge in [-0.3, -0.25) is 18.0 Å². The molecule has 77 heavy (non-hydrogen) atoms. The summed E-state index contributed by atoms with van der Waals surface area (Å²) < 4.78 is 73.2. The van der Waals surface area contributed by atoms with E-state index >= 15 is 0 Å². The molecule has 11 fully saturated rings. The molecule has 0 aromatic rings. The minimum absolute atomic E-state index is 0. The van der Waals surface area contributed by atoms with Crippen LogP contribution in [0, 0.1) is 113 Å². The van der Waals surface area contributed by atoms with Gasteiger partial charge in [-0.2, -0.15) is 21.6 Å². The molecule has 0 aromatic heterocycles. The summed E-state index contributed by atoms with van der Waals surface area (Å²) in [4.78, 5) is 26.8. The smallest absolute Gasteiger partial charge is 0.336 e. The lowest BCUT2D eigenvalue weighted by atomic mass is 9.32. The summed E-state index contributed by atoms with van der Waals surface area (Å²) in [6.07, 6.45) is 20.0. The average Bonchev–Trinajstić information content (AvgIpc) is 4.17. The van der Waals surface area contributed by atoms with Crippen LogP contribution in [-0.2, 0) is 48.0 Å². The first kappa shape index (κ1) is 59.8. The van der Waals surface area contributed by atoms with Crippen molar-refractivity contribution in [1.82, 2.24) is 4.72 Å². The fourth-order valence-electron chi connectivity index (χ4n) is 24.3. The van der Waals surface area contributed by atoms with Gasteiger partial charge in [-0.05, 0) is 239 Å². The molecule has 12 nitrogen and oxygen atoms in total. The number of ether oxygens (including phenoxy) is 2. The van der Waals surface area contributed by atoms with Gasteiger partial charge in [0.25, 0.3) is 0 Å². The molecule has 1 aliphatic heterocycles. The van der Waals surface area contributed by atoms with Gasteiger partial charge >= 0.3 is 32.5 Å². The number of methoxy groups -OCH3 is 2. The molecule has 0 amide bonds. The van der Waals surface area contributed by atoms with Crippen LogP contribution in [0.4, 0.5) is 0 Å². The van der Waals surface area contributed by atoms with Crippen molar-refractivity contribution in [3.8, 4) is 0 Å². The summed E-state index contributed by atoms with van der Waals surface area (Å²) in [6, 6.07) is 0. The summed E-state index contributed by atoms with van der Waals surface area (Å²) >= 11 is 0. The lowest BCUT2D eigenvalue weighted by Gasteiger charge is -2.73. The van der Waals surface area contributed by atoms with E-state index in [0.717, 1.165) is 122 Å². The quantitative estimate of drug-likeness (QED) is 0.192. The fraction of sp³-hybridized carbons (Fsp3) is 0.905. The van der Waals surface area contributed by atoms with Crippen LogP contribution in [-0.4, -0.2) is 61.7 Å². The largest absolute Gasteiger partial charge is 0.469 e. The van der Waals surface area contributed by atoms with Crippen molar-refractivity contribution < 1.29 is 44.3 Å². The zero-order chi connectivity index (χ0) is 55.6. The van der Waals surface area contributed by atoms with E-state index in [0.29, 0.717) is 65.7 Å². The predicted molar refractivity (Wildman–Crippen MR) is 303 cm³/mol. The highest BCUT2D eigenvalue weighted by Crippen LogP contribution is 2.80. The van der Waals surface area contributed by atoms with Crippen molar-refractivity contribution in [1.29, 1.82) is 0 Å². The highest BCUT2D eigenvalue weighted by molar-refractivity contribution is 7.84. The standard InChI is InChI=1S/C31H49NO5S.C31H51NO5S.CH4/c1-19(2)20-10-15-31(26(33)36-7)17-16-29(5)21(25(20)31)8-9-23-27(3)13-12-24-28(4,18-32-38(34,35)37-24)22(27)11-14-30(23,29)6;1-19(2)20-11-16-31(26(33)36-8)18-17-29(6)21(25(20)31)9-10-23-28(5)14-13-24(37-38(32,34)35)27(3,4)22(28)12-15-30(23,29)7;/h20-25,32H,1,8-18H2,2-7H3;20-25H,1,9-18H2,2-8H3,(H2,32,34,35);1H4/t20-,21+,22+,23+,24-,25+,27-,28-,29+,30+,31-;20-,21+,22-,23+,24-,25+,28-,29+,30+,31-;/m00./s1. The van der Waals surface area contributed by atoms with Gasteiger partial charge in [0, 0.05) is 12.0 Å². The number of rotatable bonds is 6. The van der Waals surface area contributed by atoms with E-state index in [9.17, 15) is 26.4 Å². The number of esters is 2. The summed E-state index contributed by atoms with van der Waals surface area (Å²) in [5, 5.41) is 5.33. The van der Waals surface area contributed by atoms with Gasteiger partial charge in [0.05, 0.1) is 37.3 Å². The first-order valence-corrected chi connectivity index (χ1v) is 32.9. The van der Waals surface area contributed by atoms with Gasteiger partial charge in [0.1, 0.15) is 0 Å². The number of nitrogens with one attached hydrogen (secondary N) is 1. The third kappa shape index (κ3) is 8.19. The topological polar surface area (TPSA) is 177 Å². The molecule has 438 valence electrons. The van der Waals surface area contributed by atoms with Crippen molar-refractivity contribution >= 4 is 32.5 Å². The lowest BCUT2D eigenvalue weighted by Crippen LogP contribution is -2.69. The molecule has 0 bridgehead atoms. The number of allylic oxidation sites excluding steroid dienone is 2. The van der Waals surface area contributed by atoms with Crippen LogP contribution in [0.25, 0.3) is 0 Å². The number of carbonyl (C=O) groups excluding carboxylic acids is 2. The zero-order valence-corrected chi connectivity index (χ0v) is 50.8. The van der Waals surface area contributed by atoms with Crippen molar-refractivity contribution in [3.63, 3.8) is 0 Å². The summed E-state index contributed by atoms with van der Waals surface area (Å²) in [5.41, 5.74) is 2.20. The molecule has 10 aliphatic carbocycles. The number of fused-ring (bicyclic) bond motifs is 16. The third-order valence-corrected chi connectivity index (χ3v) is 29.6. The van der Waals surface area contributed by atoms with Gasteiger partial charge in [-0.1, -0.05) is 94.0 Å². The Balaban J connectivity index is 0.000000185. The Labute approximate surface area is 467 Å². The number of hydrogen-bond acceptors (Lipinski definition) is 10. The minimum Gasteiger partial charge on any atom is -0.469 e. The average molecular weight is 1110 g/mol. The van der Waals surface area contributed by atoms with Crippen LogP contribution in [0.5, 0.6) is 0 Å². The van der Waals surface area contributed by atoms with Crippen molar-refractivity contribution in [2.24, 2.45) is 118 Å². The fourth-order valence-corrected chi connectivity index (χ4v) is 26.2. The van der Waals surface area contributed by atoms with E-state index in [1.54, 1.807) is 14.2 Å². The Hall–Kier alpha value is -1.84. The second kappa shape index (κ2) is 19.1. The van der Waals surface area contributed by atoms with Crippen molar-refractivity contribution in [2.45, 2.75) is 224 Å². The monoisotopic (exact) mass is 1110 g/mol. The lowest BCUT2D eigenvalue weighted by molar-refractivity contribution is -0.249. The summed E-state index contributed by atoms with van der Waals surface area (Å²) in [7, 11) is -4.50. The molecular weight excluding hydrogens is 1010 g/mol. The van der Waals surface area contributed by atoms with Crippen molar-refractivity contribution in [3.05, 3.63) is 24.3 Å². The first-order valence-electron chi connectivity index (χ1n) is 30.0. The summed E-state index contributed by atoms with van der Waals surface area (Å²) in [5.74, 6) is 4.36. The van der Waals surface area contributed by atoms with Crippen molar-refractivity contribution in [2.75, 3.05) is 20.8 Å². The molecule has 1 heterocycles. The SMILES string of the molecule is C.C=C(C)[C@@H]1CC[C@]2(C(=O)OC)CC[C@]3(C)[C@H](CC[C@@H]4[C@@]5(C)CC[C@@H]6OS(=O)(=O)NC[C@@]6(C)[C@@H]5CC[C@]43C)[C@@H]12.C=C(C)[C@@H]1CC[C@]2(C(=O)OC)CC[C@]3(C)[C@H](CC[C@@H]4[C@@]5(C)CC[C@H](OS(N)(=O)=O)C(C)(C)[C@@H]5CC[C@]43C)[C@@H]12. The van der Waals surface area contributed by atoms with Crippen LogP contribution < -0.4 is 9.86 Å². The van der Waals surface area contributed by atoms with Crippen LogP contribution >= 0.6 is 0 Å². The van der Waals surface area contributed by atoms with Gasteiger partial charge < -0.3 is 9.47 Å². The zero-order valence-electron chi connectivity index (χ0n) is 49.2. The van der Waals surface area contributed by atoms with Crippen LogP contribution in [0.15, 0.2) is 24.3 Å². The van der Waals surface area contributed by atoms with E-state index in [2.05, 4.69) is 94.0 Å². The third-order valence-electron chi connectivity index (χ3n) is 28.1. The molecule has 0 radical (unpaired) electrons. The molecule has 0 spiro atoms. The second-order valence-electron chi connectivity index (χ2n) is 30.5. The Kier molecular flexibility index (Phi) is 14.8. The molecule has 14 heteroatoms. The molecule has 21 atom stereocenters. The Bertz CT molecular complexity index is 2620. The molecule has 10 saturated carbocycles. The molecule has 3 N–H and O–H groups in total. The van der Waals surface area contributed by atoms with Crippen LogP contribution in [0.3, 0.4) is 0 Å². The maximum absolute atomic E-state index is 13.4. The summed E-state index contributed by atoms with van der Waals surface area (Å²) in [6.45, 7) is 35.6. The predicted octanol–water partition coefficient (Wildman–Crippen LogP) is 13.1.